The zero-order valence-corrected chi connectivity index (χ0v) is 12.6. The number of nitrogens with two attached hydrogens (primary N) is 1. The van der Waals surface area contributed by atoms with Gasteiger partial charge in [-0.2, -0.15) is 0 Å². The second-order valence-corrected chi connectivity index (χ2v) is 7.13. The van der Waals surface area contributed by atoms with Crippen LogP contribution in [-0.4, -0.2) is 14.3 Å². The Bertz CT molecular complexity index is 744. The van der Waals surface area contributed by atoms with Gasteiger partial charge in [0.15, 0.2) is 0 Å². The third-order valence-electron chi connectivity index (χ3n) is 2.83. The molecule has 0 spiro atoms. The summed E-state index contributed by atoms with van der Waals surface area (Å²) in [5.74, 6) is -0.345. The highest BCUT2D eigenvalue weighted by molar-refractivity contribution is 7.89. The first-order chi connectivity index (χ1) is 9.29. The normalized spacial score (nSPS) is 11.3. The van der Waals surface area contributed by atoms with E-state index in [0.29, 0.717) is 4.88 Å². The fourth-order valence-corrected chi connectivity index (χ4v) is 3.31. The summed E-state index contributed by atoms with van der Waals surface area (Å²) >= 11 is 1.36. The molecule has 0 atom stereocenters. The van der Waals surface area contributed by atoms with Crippen molar-refractivity contribution in [1.82, 2.24) is 0 Å². The van der Waals surface area contributed by atoms with Gasteiger partial charge in [-0.25, -0.2) is 13.6 Å². The van der Waals surface area contributed by atoms with Gasteiger partial charge < -0.3 is 5.32 Å². The van der Waals surface area contributed by atoms with Crippen LogP contribution in [0.4, 0.5) is 5.69 Å². The molecule has 0 aliphatic rings. The van der Waals surface area contributed by atoms with Crippen LogP contribution in [0.1, 0.15) is 20.1 Å². The lowest BCUT2D eigenvalue weighted by atomic mass is 10.2. The molecule has 0 aliphatic heterocycles. The standard InChI is InChI=1S/C13H14N2O3S2/c1-8-7-11(19-9(8)2)13(16)15-10-5-3-4-6-12(10)20(14,17)18/h3-7H,1-2H3,(H,15,16)(H2,14,17,18). The van der Waals surface area contributed by atoms with Crippen LogP contribution in [0, 0.1) is 13.8 Å². The van der Waals surface area contributed by atoms with E-state index in [1.54, 1.807) is 18.2 Å². The first kappa shape index (κ1) is 14.7. The number of anilines is 1. The molecular formula is C13H14N2O3S2. The number of hydrogen-bond donors (Lipinski definition) is 2. The lowest BCUT2D eigenvalue weighted by molar-refractivity contribution is 0.103. The molecule has 0 unspecified atom stereocenters. The van der Waals surface area contributed by atoms with Gasteiger partial charge in [0.1, 0.15) is 4.90 Å². The zero-order chi connectivity index (χ0) is 14.9. The Morgan fingerprint density at radius 1 is 1.25 bits per heavy atom. The predicted molar refractivity (Wildman–Crippen MR) is 79.6 cm³/mol. The molecular weight excluding hydrogens is 296 g/mol. The lowest BCUT2D eigenvalue weighted by Crippen LogP contribution is -2.17. The number of benzene rings is 1. The molecule has 2 aromatic rings. The van der Waals surface area contributed by atoms with E-state index < -0.39 is 10.0 Å². The van der Waals surface area contributed by atoms with E-state index in [0.717, 1.165) is 10.4 Å². The summed E-state index contributed by atoms with van der Waals surface area (Å²) in [5.41, 5.74) is 1.21. The van der Waals surface area contributed by atoms with Crippen molar-refractivity contribution < 1.29 is 13.2 Å². The lowest BCUT2D eigenvalue weighted by Gasteiger charge is -2.08. The van der Waals surface area contributed by atoms with Gasteiger partial charge in [0.2, 0.25) is 10.0 Å². The highest BCUT2D eigenvalue weighted by Crippen LogP contribution is 2.24. The van der Waals surface area contributed by atoms with E-state index in [4.69, 9.17) is 5.14 Å². The Morgan fingerprint density at radius 3 is 2.45 bits per heavy atom. The minimum Gasteiger partial charge on any atom is -0.320 e. The van der Waals surface area contributed by atoms with Crippen LogP contribution < -0.4 is 10.5 Å². The molecule has 2 rings (SSSR count). The summed E-state index contributed by atoms with van der Waals surface area (Å²) < 4.78 is 22.9. The maximum atomic E-state index is 12.1. The number of thiophene rings is 1. The maximum Gasteiger partial charge on any atom is 0.265 e. The molecule has 3 N–H and O–H groups in total. The van der Waals surface area contributed by atoms with Crippen LogP contribution in [-0.2, 0) is 10.0 Å². The third kappa shape index (κ3) is 3.06. The maximum absolute atomic E-state index is 12.1. The van der Waals surface area contributed by atoms with E-state index in [1.807, 2.05) is 13.8 Å². The number of rotatable bonds is 3. The molecule has 1 heterocycles. The summed E-state index contributed by atoms with van der Waals surface area (Å²) in [6.07, 6.45) is 0. The molecule has 0 saturated heterocycles. The van der Waals surface area contributed by atoms with Crippen LogP contribution >= 0.6 is 11.3 Å². The van der Waals surface area contributed by atoms with E-state index in [1.165, 1.54) is 23.5 Å². The van der Waals surface area contributed by atoms with Crippen LogP contribution in [0.3, 0.4) is 0 Å². The number of sulfonamides is 1. The van der Waals surface area contributed by atoms with Gasteiger partial charge in [0.25, 0.3) is 5.91 Å². The Kier molecular flexibility index (Phi) is 3.94. The van der Waals surface area contributed by atoms with Crippen molar-refractivity contribution in [2.24, 2.45) is 5.14 Å². The highest BCUT2D eigenvalue weighted by atomic mass is 32.2. The minimum atomic E-state index is -3.88. The fraction of sp³-hybridized carbons (Fsp3) is 0.154. The molecule has 20 heavy (non-hydrogen) atoms. The van der Waals surface area contributed by atoms with Crippen molar-refractivity contribution in [3.63, 3.8) is 0 Å². The molecule has 0 aliphatic carbocycles. The average molecular weight is 310 g/mol. The second-order valence-electron chi connectivity index (χ2n) is 4.35. The Hall–Kier alpha value is -1.70. The van der Waals surface area contributed by atoms with Gasteiger partial charge in [-0.3, -0.25) is 4.79 Å². The highest BCUT2D eigenvalue weighted by Gasteiger charge is 2.17. The van der Waals surface area contributed by atoms with Crippen molar-refractivity contribution in [3.05, 3.63) is 45.6 Å². The number of carbonyl (C=O) groups excluding carboxylic acids is 1. The van der Waals surface area contributed by atoms with Gasteiger partial charge in [0.05, 0.1) is 10.6 Å². The summed E-state index contributed by atoms with van der Waals surface area (Å²) in [6, 6.07) is 7.82. The van der Waals surface area contributed by atoms with Gasteiger partial charge in [-0.1, -0.05) is 12.1 Å². The SMILES string of the molecule is Cc1cc(C(=O)Nc2ccccc2S(N)(=O)=O)sc1C. The topological polar surface area (TPSA) is 89.3 Å². The van der Waals surface area contributed by atoms with Gasteiger partial charge in [-0.15, -0.1) is 11.3 Å². The predicted octanol–water partition coefficient (Wildman–Crippen LogP) is 2.26. The number of carbonyl (C=O) groups is 1. The van der Waals surface area contributed by atoms with E-state index in [2.05, 4.69) is 5.32 Å². The van der Waals surface area contributed by atoms with E-state index >= 15 is 0 Å². The second kappa shape index (κ2) is 5.35. The van der Waals surface area contributed by atoms with E-state index in [-0.39, 0.29) is 16.5 Å². The van der Waals surface area contributed by atoms with Crippen LogP contribution in [0.2, 0.25) is 0 Å². The molecule has 5 nitrogen and oxygen atoms in total. The monoisotopic (exact) mass is 310 g/mol. The fourth-order valence-electron chi connectivity index (χ4n) is 1.69. The number of aryl methyl sites for hydroxylation is 2. The summed E-state index contributed by atoms with van der Waals surface area (Å²) in [5, 5.41) is 7.71. The molecule has 106 valence electrons. The summed E-state index contributed by atoms with van der Waals surface area (Å²) in [6.45, 7) is 3.84. The van der Waals surface area contributed by atoms with Crippen molar-refractivity contribution in [1.29, 1.82) is 0 Å². The first-order valence-electron chi connectivity index (χ1n) is 5.79. The van der Waals surface area contributed by atoms with Crippen LogP contribution in [0.15, 0.2) is 35.2 Å². The molecule has 7 heteroatoms. The van der Waals surface area contributed by atoms with Crippen LogP contribution in [0.5, 0.6) is 0 Å². The molecule has 0 fully saturated rings. The Balaban J connectivity index is 2.33. The number of primary sulfonamides is 1. The molecule has 1 aromatic heterocycles. The number of nitrogens with one attached hydrogen (secondary N) is 1. The Morgan fingerprint density at radius 2 is 1.90 bits per heavy atom. The first-order valence-corrected chi connectivity index (χ1v) is 8.15. The molecule has 0 saturated carbocycles. The molecule has 1 amide bonds. The van der Waals surface area contributed by atoms with Crippen molar-refractivity contribution in [2.45, 2.75) is 18.7 Å². The van der Waals surface area contributed by atoms with Gasteiger partial charge in [0, 0.05) is 4.88 Å². The average Bonchev–Trinajstić information content (AvgIpc) is 2.69. The van der Waals surface area contributed by atoms with Crippen molar-refractivity contribution in [2.75, 3.05) is 5.32 Å². The Labute approximate surface area is 121 Å². The number of amides is 1. The molecule has 1 aromatic carbocycles. The summed E-state index contributed by atoms with van der Waals surface area (Å²) in [4.78, 5) is 13.6. The minimum absolute atomic E-state index is 0.0987. The number of para-hydroxylation sites is 1. The van der Waals surface area contributed by atoms with E-state index in [9.17, 15) is 13.2 Å². The van der Waals surface area contributed by atoms with Crippen LogP contribution in [0.25, 0.3) is 0 Å². The third-order valence-corrected chi connectivity index (χ3v) is 4.95. The number of hydrogen-bond acceptors (Lipinski definition) is 4. The van der Waals surface area contributed by atoms with Crippen molar-refractivity contribution in [3.8, 4) is 0 Å². The molecule has 0 bridgehead atoms. The largest absolute Gasteiger partial charge is 0.320 e. The molecule has 0 radical (unpaired) electrons. The van der Waals surface area contributed by atoms with Gasteiger partial charge >= 0.3 is 0 Å². The smallest absolute Gasteiger partial charge is 0.265 e. The summed E-state index contributed by atoms with van der Waals surface area (Å²) in [7, 11) is -3.88. The van der Waals surface area contributed by atoms with Crippen molar-refractivity contribution >= 4 is 33.0 Å². The quantitative estimate of drug-likeness (QED) is 0.911. The van der Waals surface area contributed by atoms with Gasteiger partial charge in [-0.05, 0) is 37.6 Å². The zero-order valence-electron chi connectivity index (χ0n) is 11.0.